The molecule has 128 valence electrons. The van der Waals surface area contributed by atoms with Crippen molar-refractivity contribution < 1.29 is 19.1 Å². The van der Waals surface area contributed by atoms with E-state index in [0.29, 0.717) is 36.6 Å². The molecule has 0 spiro atoms. The second-order valence-electron chi connectivity index (χ2n) is 5.40. The molecule has 0 aromatic heterocycles. The smallest absolute Gasteiger partial charge is 0.258 e. The lowest BCUT2D eigenvalue weighted by atomic mass is 10.1. The Labute approximate surface area is 140 Å². The van der Waals surface area contributed by atoms with Crippen molar-refractivity contribution in [3.8, 4) is 17.6 Å². The predicted octanol–water partition coefficient (Wildman–Crippen LogP) is 1.12. The highest BCUT2D eigenvalue weighted by Crippen LogP contribution is 2.28. The second-order valence-corrected chi connectivity index (χ2v) is 5.40. The third-order valence-corrected chi connectivity index (χ3v) is 3.60. The van der Waals surface area contributed by atoms with Gasteiger partial charge in [-0.25, -0.2) is 0 Å². The molecule has 1 aliphatic heterocycles. The molecule has 1 atom stereocenters. The molecule has 2 N–H and O–H groups in total. The summed E-state index contributed by atoms with van der Waals surface area (Å²) in [4.78, 5) is 23.8. The molecular weight excluding hydrogens is 310 g/mol. The average Bonchev–Trinajstić information content (AvgIpc) is 2.78. The zero-order valence-corrected chi connectivity index (χ0v) is 13.6. The molecule has 7 nitrogen and oxygen atoms in total. The lowest BCUT2D eigenvalue weighted by molar-refractivity contribution is -0.129. The zero-order chi connectivity index (χ0) is 17.4. The monoisotopic (exact) mass is 331 g/mol. The van der Waals surface area contributed by atoms with Gasteiger partial charge in [0.05, 0.1) is 18.2 Å². The van der Waals surface area contributed by atoms with Crippen molar-refractivity contribution in [2.24, 2.45) is 0 Å². The summed E-state index contributed by atoms with van der Waals surface area (Å²) in [5.41, 5.74) is 0.449. The topological polar surface area (TPSA) is 100 Å². The van der Waals surface area contributed by atoms with Crippen LogP contribution in [0.3, 0.4) is 0 Å². The Hall–Kier alpha value is -2.75. The Morgan fingerprint density at radius 3 is 2.96 bits per heavy atom. The van der Waals surface area contributed by atoms with Gasteiger partial charge in [-0.3, -0.25) is 9.59 Å². The molecular formula is C17H21N3O4. The van der Waals surface area contributed by atoms with Crippen molar-refractivity contribution in [1.82, 2.24) is 10.6 Å². The standard InChI is InChI=1S/C17H21N3O4/c1-2-23-15-9-12(10-18)6-7-14(15)24-11-16(21)20-13-5-3-4-8-19-17(13)22/h6-7,9,13H,2-5,8,11H2,1H3,(H,19,22)(H,20,21). The number of nitrogens with one attached hydrogen (secondary N) is 2. The number of amides is 2. The lowest BCUT2D eigenvalue weighted by Gasteiger charge is -2.16. The van der Waals surface area contributed by atoms with Crippen LogP contribution in [0.4, 0.5) is 0 Å². The van der Waals surface area contributed by atoms with Crippen LogP contribution in [0, 0.1) is 11.3 Å². The van der Waals surface area contributed by atoms with Crippen LogP contribution in [0.15, 0.2) is 18.2 Å². The van der Waals surface area contributed by atoms with Crippen LogP contribution in [0.25, 0.3) is 0 Å². The van der Waals surface area contributed by atoms with Crippen LogP contribution >= 0.6 is 0 Å². The van der Waals surface area contributed by atoms with Crippen LogP contribution in [0.5, 0.6) is 11.5 Å². The van der Waals surface area contributed by atoms with Crippen LogP contribution in [0.1, 0.15) is 31.7 Å². The third kappa shape index (κ3) is 4.88. The van der Waals surface area contributed by atoms with Gasteiger partial charge in [-0.05, 0) is 38.3 Å². The first kappa shape index (κ1) is 17.6. The molecule has 1 unspecified atom stereocenters. The lowest BCUT2D eigenvalue weighted by Crippen LogP contribution is -2.46. The van der Waals surface area contributed by atoms with Crippen molar-refractivity contribution in [3.05, 3.63) is 23.8 Å². The van der Waals surface area contributed by atoms with E-state index in [1.807, 2.05) is 13.0 Å². The summed E-state index contributed by atoms with van der Waals surface area (Å²) < 4.78 is 10.9. The summed E-state index contributed by atoms with van der Waals surface area (Å²) in [5.74, 6) is 0.269. The Balaban J connectivity index is 1.93. The van der Waals surface area contributed by atoms with Gasteiger partial charge >= 0.3 is 0 Å². The number of benzene rings is 1. The summed E-state index contributed by atoms with van der Waals surface area (Å²) in [6.45, 7) is 2.65. The number of ether oxygens (including phenoxy) is 2. The number of nitriles is 1. The minimum atomic E-state index is -0.518. The normalized spacial score (nSPS) is 17.2. The fourth-order valence-electron chi connectivity index (χ4n) is 2.42. The molecule has 24 heavy (non-hydrogen) atoms. The van der Waals surface area contributed by atoms with E-state index in [9.17, 15) is 9.59 Å². The van der Waals surface area contributed by atoms with E-state index in [4.69, 9.17) is 14.7 Å². The second kappa shape index (κ2) is 8.77. The van der Waals surface area contributed by atoms with E-state index < -0.39 is 6.04 Å². The molecule has 1 aromatic carbocycles. The summed E-state index contributed by atoms with van der Waals surface area (Å²) in [7, 11) is 0. The molecule has 1 fully saturated rings. The van der Waals surface area contributed by atoms with Crippen molar-refractivity contribution in [2.45, 2.75) is 32.2 Å². The summed E-state index contributed by atoms with van der Waals surface area (Å²) in [6, 6.07) is 6.26. The van der Waals surface area contributed by atoms with Gasteiger partial charge in [-0.1, -0.05) is 0 Å². The summed E-state index contributed by atoms with van der Waals surface area (Å²) in [6.07, 6.45) is 2.42. The molecule has 1 aliphatic rings. The SMILES string of the molecule is CCOc1cc(C#N)ccc1OCC(=O)NC1CCCCNC1=O. The number of rotatable bonds is 6. The van der Waals surface area contributed by atoms with E-state index in [-0.39, 0.29) is 18.4 Å². The minimum absolute atomic E-state index is 0.158. The maximum Gasteiger partial charge on any atom is 0.258 e. The quantitative estimate of drug-likeness (QED) is 0.813. The maximum atomic E-state index is 12.0. The molecule has 7 heteroatoms. The highest BCUT2D eigenvalue weighted by Gasteiger charge is 2.22. The van der Waals surface area contributed by atoms with Crippen molar-refractivity contribution in [2.75, 3.05) is 19.8 Å². The number of nitrogens with zero attached hydrogens (tertiary/aromatic N) is 1. The van der Waals surface area contributed by atoms with E-state index in [1.165, 1.54) is 0 Å². The third-order valence-electron chi connectivity index (χ3n) is 3.60. The van der Waals surface area contributed by atoms with Gasteiger partial charge in [0.25, 0.3) is 5.91 Å². The molecule has 2 amide bonds. The molecule has 0 bridgehead atoms. The first-order chi connectivity index (χ1) is 11.6. The average molecular weight is 331 g/mol. The Kier molecular flexibility index (Phi) is 6.43. The van der Waals surface area contributed by atoms with Crippen LogP contribution in [-0.4, -0.2) is 37.6 Å². The summed E-state index contributed by atoms with van der Waals surface area (Å²) in [5, 5.41) is 14.4. The van der Waals surface area contributed by atoms with Gasteiger partial charge < -0.3 is 20.1 Å². The number of carbonyl (C=O) groups excluding carboxylic acids is 2. The van der Waals surface area contributed by atoms with Crippen LogP contribution < -0.4 is 20.1 Å². The maximum absolute atomic E-state index is 12.0. The fourth-order valence-corrected chi connectivity index (χ4v) is 2.42. The predicted molar refractivity (Wildman–Crippen MR) is 86.6 cm³/mol. The van der Waals surface area contributed by atoms with Gasteiger partial charge in [0.1, 0.15) is 6.04 Å². The Bertz CT molecular complexity index is 639. The molecule has 1 heterocycles. The first-order valence-corrected chi connectivity index (χ1v) is 8.01. The largest absolute Gasteiger partial charge is 0.490 e. The fraction of sp³-hybridized carbons (Fsp3) is 0.471. The van der Waals surface area contributed by atoms with E-state index in [1.54, 1.807) is 18.2 Å². The van der Waals surface area contributed by atoms with Gasteiger partial charge in [-0.2, -0.15) is 5.26 Å². The van der Waals surface area contributed by atoms with Crippen molar-refractivity contribution in [3.63, 3.8) is 0 Å². The van der Waals surface area contributed by atoms with Crippen LogP contribution in [-0.2, 0) is 9.59 Å². The van der Waals surface area contributed by atoms with Gasteiger partial charge in [0.2, 0.25) is 5.91 Å². The molecule has 1 aromatic rings. The zero-order valence-electron chi connectivity index (χ0n) is 13.6. The summed E-state index contributed by atoms with van der Waals surface area (Å²) >= 11 is 0. The van der Waals surface area contributed by atoms with Crippen molar-refractivity contribution in [1.29, 1.82) is 5.26 Å². The van der Waals surface area contributed by atoms with Gasteiger partial charge in [0.15, 0.2) is 18.1 Å². The number of carbonyl (C=O) groups is 2. The Morgan fingerprint density at radius 2 is 2.21 bits per heavy atom. The highest BCUT2D eigenvalue weighted by molar-refractivity contribution is 5.88. The molecule has 0 aliphatic carbocycles. The highest BCUT2D eigenvalue weighted by atomic mass is 16.5. The Morgan fingerprint density at radius 1 is 1.38 bits per heavy atom. The molecule has 2 rings (SSSR count). The van der Waals surface area contributed by atoms with Crippen LogP contribution in [0.2, 0.25) is 0 Å². The minimum Gasteiger partial charge on any atom is -0.490 e. The molecule has 0 radical (unpaired) electrons. The van der Waals surface area contributed by atoms with E-state index in [0.717, 1.165) is 12.8 Å². The molecule has 0 saturated carbocycles. The van der Waals surface area contributed by atoms with E-state index >= 15 is 0 Å². The van der Waals surface area contributed by atoms with E-state index in [2.05, 4.69) is 10.6 Å². The van der Waals surface area contributed by atoms with Crippen molar-refractivity contribution >= 4 is 11.8 Å². The van der Waals surface area contributed by atoms with Gasteiger partial charge in [0, 0.05) is 12.6 Å². The number of hydrogen-bond donors (Lipinski definition) is 2. The van der Waals surface area contributed by atoms with Gasteiger partial charge in [-0.15, -0.1) is 0 Å². The number of hydrogen-bond acceptors (Lipinski definition) is 5. The molecule has 1 saturated heterocycles. The first-order valence-electron chi connectivity index (χ1n) is 8.01.